The minimum atomic E-state index is -0.0546. The van der Waals surface area contributed by atoms with Gasteiger partial charge in [-0.15, -0.1) is 11.3 Å². The number of thiophene rings is 1. The second-order valence-electron chi connectivity index (χ2n) is 7.46. The summed E-state index contributed by atoms with van der Waals surface area (Å²) in [4.78, 5) is 28.4. The molecule has 1 saturated heterocycles. The van der Waals surface area contributed by atoms with Crippen molar-refractivity contribution in [2.75, 3.05) is 37.6 Å². The zero-order chi connectivity index (χ0) is 20.4. The van der Waals surface area contributed by atoms with Gasteiger partial charge in [-0.05, 0) is 31.5 Å². The lowest BCUT2D eigenvalue weighted by Crippen LogP contribution is -2.46. The summed E-state index contributed by atoms with van der Waals surface area (Å²) in [6.45, 7) is 11.3. The van der Waals surface area contributed by atoms with Gasteiger partial charge >= 0.3 is 0 Å². The Morgan fingerprint density at radius 2 is 1.90 bits per heavy atom. The first-order valence-electron chi connectivity index (χ1n) is 10.2. The Bertz CT molecular complexity index is 995. The number of hydrogen-bond acceptors (Lipinski definition) is 6. The predicted octanol–water partition coefficient (Wildman–Crippen LogP) is 3.63. The Morgan fingerprint density at radius 1 is 1.17 bits per heavy atom. The molecule has 6 nitrogen and oxygen atoms in total. The highest BCUT2D eigenvalue weighted by molar-refractivity contribution is 7.20. The van der Waals surface area contributed by atoms with Crippen molar-refractivity contribution in [3.63, 3.8) is 0 Å². The Hall–Kier alpha value is -2.51. The number of carbonyl (C=O) groups excluding carboxylic acids is 1. The summed E-state index contributed by atoms with van der Waals surface area (Å²) in [7, 11) is 0. The van der Waals surface area contributed by atoms with Crippen molar-refractivity contribution < 1.29 is 4.79 Å². The molecule has 4 rings (SSSR count). The molecule has 152 valence electrons. The largest absolute Gasteiger partial charge is 0.353 e. The molecule has 3 heterocycles. The van der Waals surface area contributed by atoms with Crippen LogP contribution in [-0.4, -0.2) is 53.5 Å². The van der Waals surface area contributed by atoms with Crippen LogP contribution in [0.2, 0.25) is 0 Å². The van der Waals surface area contributed by atoms with E-state index in [4.69, 9.17) is 0 Å². The first-order chi connectivity index (χ1) is 14.1. The number of anilines is 1. The summed E-state index contributed by atoms with van der Waals surface area (Å²) < 4.78 is 0. The fourth-order valence-electron chi connectivity index (χ4n) is 3.87. The van der Waals surface area contributed by atoms with E-state index in [0.717, 1.165) is 64.8 Å². The lowest BCUT2D eigenvalue weighted by molar-refractivity contribution is 0.0943. The van der Waals surface area contributed by atoms with Crippen molar-refractivity contribution in [1.29, 1.82) is 0 Å². The van der Waals surface area contributed by atoms with E-state index >= 15 is 0 Å². The minimum Gasteiger partial charge on any atom is -0.353 e. The summed E-state index contributed by atoms with van der Waals surface area (Å²) in [6, 6.07) is 9.96. The monoisotopic (exact) mass is 409 g/mol. The number of likely N-dealkylation sites (N-methyl/N-ethyl adjacent to an activating group) is 1. The van der Waals surface area contributed by atoms with Gasteiger partial charge in [0.2, 0.25) is 0 Å². The molecule has 0 saturated carbocycles. The second-order valence-corrected chi connectivity index (χ2v) is 8.46. The predicted molar refractivity (Wildman–Crippen MR) is 119 cm³/mol. The molecule has 1 aliphatic rings. The maximum atomic E-state index is 13.0. The fourth-order valence-corrected chi connectivity index (χ4v) is 4.92. The third kappa shape index (κ3) is 3.97. The maximum Gasteiger partial charge on any atom is 0.262 e. The van der Waals surface area contributed by atoms with Gasteiger partial charge in [0, 0.05) is 26.2 Å². The second kappa shape index (κ2) is 8.47. The van der Waals surface area contributed by atoms with Crippen LogP contribution in [0.5, 0.6) is 0 Å². The number of nitrogens with zero attached hydrogens (tertiary/aromatic N) is 4. The topological polar surface area (TPSA) is 61.4 Å². The number of nitrogens with one attached hydrogen (secondary N) is 1. The highest BCUT2D eigenvalue weighted by Crippen LogP contribution is 2.35. The maximum absolute atomic E-state index is 13.0. The SMILES string of the molecule is CCN1CCN(c2ncnc3sc(C(=O)N[C@@H](C)c4ccccc4)c(C)c23)CC1. The van der Waals surface area contributed by atoms with E-state index in [-0.39, 0.29) is 11.9 Å². The van der Waals surface area contributed by atoms with Crippen LogP contribution in [0, 0.1) is 6.92 Å². The number of hydrogen-bond donors (Lipinski definition) is 1. The molecule has 1 aromatic carbocycles. The first-order valence-corrected chi connectivity index (χ1v) is 11.0. The van der Waals surface area contributed by atoms with Crippen LogP contribution in [0.25, 0.3) is 10.2 Å². The van der Waals surface area contributed by atoms with E-state index in [1.54, 1.807) is 6.33 Å². The molecule has 0 aliphatic carbocycles. The summed E-state index contributed by atoms with van der Waals surface area (Å²) in [5.41, 5.74) is 2.06. The van der Waals surface area contributed by atoms with Crippen molar-refractivity contribution >= 4 is 33.3 Å². The van der Waals surface area contributed by atoms with E-state index in [1.165, 1.54) is 11.3 Å². The zero-order valence-corrected chi connectivity index (χ0v) is 18.0. The average molecular weight is 410 g/mol. The molecule has 1 atom stereocenters. The number of aryl methyl sites for hydroxylation is 1. The van der Waals surface area contributed by atoms with Crippen molar-refractivity contribution in [2.45, 2.75) is 26.8 Å². The standard InChI is InChI=1S/C22H27N5OS/c1-4-26-10-12-27(13-11-26)20-18-15(2)19(29-22(18)24-14-23-20)21(28)25-16(3)17-8-6-5-7-9-17/h5-9,14,16H,4,10-13H2,1-3H3,(H,25,28)/t16-/m0/s1. The molecular formula is C22H27N5OS. The molecule has 0 spiro atoms. The van der Waals surface area contributed by atoms with Gasteiger partial charge in [0.1, 0.15) is 17.0 Å². The van der Waals surface area contributed by atoms with Crippen LogP contribution in [0.4, 0.5) is 5.82 Å². The number of aromatic nitrogens is 2. The van der Waals surface area contributed by atoms with Crippen LogP contribution in [0.15, 0.2) is 36.7 Å². The molecule has 0 bridgehead atoms. The van der Waals surface area contributed by atoms with Gasteiger partial charge in [-0.1, -0.05) is 37.3 Å². The molecule has 0 radical (unpaired) electrons. The lowest BCUT2D eigenvalue weighted by Gasteiger charge is -2.35. The Morgan fingerprint density at radius 3 is 2.59 bits per heavy atom. The first kappa shape index (κ1) is 19.8. The van der Waals surface area contributed by atoms with Gasteiger partial charge in [0.05, 0.1) is 16.3 Å². The quantitative estimate of drug-likeness (QED) is 0.697. The van der Waals surface area contributed by atoms with Crippen LogP contribution in [-0.2, 0) is 0 Å². The highest BCUT2D eigenvalue weighted by Gasteiger charge is 2.24. The number of carbonyl (C=O) groups is 1. The van der Waals surface area contributed by atoms with Crippen LogP contribution in [0.1, 0.15) is 40.7 Å². The van der Waals surface area contributed by atoms with E-state index in [2.05, 4.69) is 32.0 Å². The highest BCUT2D eigenvalue weighted by atomic mass is 32.1. The van der Waals surface area contributed by atoms with Gasteiger partial charge < -0.3 is 15.1 Å². The summed E-state index contributed by atoms with van der Waals surface area (Å²) in [6.07, 6.45) is 1.62. The molecule has 3 aromatic rings. The average Bonchev–Trinajstić information content (AvgIpc) is 3.11. The van der Waals surface area contributed by atoms with Crippen LogP contribution >= 0.6 is 11.3 Å². The minimum absolute atomic E-state index is 0.0522. The number of rotatable bonds is 5. The molecular weight excluding hydrogens is 382 g/mol. The Balaban J connectivity index is 1.60. The van der Waals surface area contributed by atoms with Gasteiger partial charge in [0.15, 0.2) is 0 Å². The smallest absolute Gasteiger partial charge is 0.262 e. The van der Waals surface area contributed by atoms with Crippen molar-refractivity contribution in [3.8, 4) is 0 Å². The van der Waals surface area contributed by atoms with Gasteiger partial charge in [-0.25, -0.2) is 9.97 Å². The molecule has 0 unspecified atom stereocenters. The third-order valence-corrected chi connectivity index (χ3v) is 6.88. The van der Waals surface area contributed by atoms with Gasteiger partial charge in [0.25, 0.3) is 5.91 Å². The Labute approximate surface area is 175 Å². The third-order valence-electron chi connectivity index (χ3n) is 5.68. The van der Waals surface area contributed by atoms with E-state index < -0.39 is 0 Å². The van der Waals surface area contributed by atoms with Crippen LogP contribution in [0.3, 0.4) is 0 Å². The Kier molecular flexibility index (Phi) is 5.78. The van der Waals surface area contributed by atoms with Crippen molar-refractivity contribution in [2.24, 2.45) is 0 Å². The van der Waals surface area contributed by atoms with Crippen molar-refractivity contribution in [1.82, 2.24) is 20.2 Å². The number of benzene rings is 1. The van der Waals surface area contributed by atoms with Gasteiger partial charge in [-0.3, -0.25) is 4.79 Å². The molecule has 1 N–H and O–H groups in total. The molecule has 2 aromatic heterocycles. The normalized spacial score (nSPS) is 16.2. The zero-order valence-electron chi connectivity index (χ0n) is 17.2. The molecule has 1 aliphatic heterocycles. The van der Waals surface area contributed by atoms with Gasteiger partial charge in [-0.2, -0.15) is 0 Å². The summed E-state index contributed by atoms with van der Waals surface area (Å²) in [5, 5.41) is 4.14. The van der Waals surface area contributed by atoms with Crippen molar-refractivity contribution in [3.05, 3.63) is 52.7 Å². The molecule has 1 amide bonds. The molecule has 1 fully saturated rings. The van der Waals surface area contributed by atoms with E-state index in [0.29, 0.717) is 0 Å². The summed E-state index contributed by atoms with van der Waals surface area (Å²) in [5.74, 6) is 0.901. The fraction of sp³-hybridized carbons (Fsp3) is 0.409. The summed E-state index contributed by atoms with van der Waals surface area (Å²) >= 11 is 1.45. The lowest BCUT2D eigenvalue weighted by atomic mass is 10.1. The van der Waals surface area contributed by atoms with E-state index in [1.807, 2.05) is 44.2 Å². The number of amides is 1. The number of fused-ring (bicyclic) bond motifs is 1. The molecule has 29 heavy (non-hydrogen) atoms. The number of piperazine rings is 1. The molecule has 7 heteroatoms. The van der Waals surface area contributed by atoms with E-state index in [9.17, 15) is 4.79 Å². The van der Waals surface area contributed by atoms with Crippen LogP contribution < -0.4 is 10.2 Å².